The molecule has 1 aromatic heterocycles. The van der Waals surface area contributed by atoms with Crippen LogP contribution in [0.5, 0.6) is 5.75 Å². The van der Waals surface area contributed by atoms with E-state index in [0.717, 1.165) is 5.56 Å². The van der Waals surface area contributed by atoms with E-state index in [1.807, 2.05) is 0 Å². The zero-order valence-electron chi connectivity index (χ0n) is 8.93. The highest BCUT2D eigenvalue weighted by Crippen LogP contribution is 2.24. The van der Waals surface area contributed by atoms with Crippen LogP contribution in [0, 0.1) is 5.92 Å². The first kappa shape index (κ1) is 9.96. The summed E-state index contributed by atoms with van der Waals surface area (Å²) in [6.07, 6.45) is 3.11. The van der Waals surface area contributed by atoms with Gasteiger partial charge in [0.05, 0.1) is 6.54 Å². The molecule has 4 nitrogen and oxygen atoms in total. The molecule has 1 amide bonds. The number of fused-ring (bicyclic) bond motifs is 1. The molecule has 1 aromatic rings. The molecular formula is C11H14N2O2. The molecule has 0 unspecified atom stereocenters. The van der Waals surface area contributed by atoms with Gasteiger partial charge >= 0.3 is 6.09 Å². The van der Waals surface area contributed by atoms with Gasteiger partial charge in [0.2, 0.25) is 0 Å². The first-order valence-electron chi connectivity index (χ1n) is 5.06. The fourth-order valence-electron chi connectivity index (χ4n) is 1.64. The quantitative estimate of drug-likeness (QED) is 0.743. The number of rotatable bonds is 2. The number of hydrogen-bond acceptors (Lipinski definition) is 3. The molecule has 0 fully saturated rings. The van der Waals surface area contributed by atoms with Gasteiger partial charge in [0.15, 0.2) is 0 Å². The van der Waals surface area contributed by atoms with Gasteiger partial charge in [-0.1, -0.05) is 13.8 Å². The lowest BCUT2D eigenvalue weighted by Gasteiger charge is -2.28. The van der Waals surface area contributed by atoms with E-state index in [9.17, 15) is 4.79 Å². The topological polar surface area (TPSA) is 42.4 Å². The standard InChI is InChI=1S/C11H14N2O2/c1-8(2)6-13-7-9-5-12-4-3-10(9)15-11(13)14/h3-5,8H,6-7H2,1-2H3. The van der Waals surface area contributed by atoms with Crippen molar-refractivity contribution in [1.29, 1.82) is 0 Å². The Morgan fingerprint density at radius 2 is 2.40 bits per heavy atom. The molecule has 0 atom stereocenters. The van der Waals surface area contributed by atoms with E-state index in [-0.39, 0.29) is 6.09 Å². The van der Waals surface area contributed by atoms with Crippen LogP contribution in [0.4, 0.5) is 4.79 Å². The fourth-order valence-corrected chi connectivity index (χ4v) is 1.64. The molecule has 0 spiro atoms. The maximum Gasteiger partial charge on any atom is 0.415 e. The van der Waals surface area contributed by atoms with Gasteiger partial charge < -0.3 is 9.64 Å². The summed E-state index contributed by atoms with van der Waals surface area (Å²) in [4.78, 5) is 17.3. The van der Waals surface area contributed by atoms with Crippen LogP contribution in [0.1, 0.15) is 19.4 Å². The highest BCUT2D eigenvalue weighted by molar-refractivity contribution is 5.73. The van der Waals surface area contributed by atoms with E-state index in [4.69, 9.17) is 4.74 Å². The summed E-state index contributed by atoms with van der Waals surface area (Å²) >= 11 is 0. The third-order valence-corrected chi connectivity index (χ3v) is 2.26. The van der Waals surface area contributed by atoms with Crippen molar-refractivity contribution in [2.75, 3.05) is 6.54 Å². The molecule has 0 bridgehead atoms. The molecule has 4 heteroatoms. The number of pyridine rings is 1. The Balaban J connectivity index is 2.18. The zero-order valence-corrected chi connectivity index (χ0v) is 8.93. The molecule has 2 heterocycles. The second-order valence-electron chi connectivity index (χ2n) is 4.13. The fraction of sp³-hybridized carbons (Fsp3) is 0.455. The van der Waals surface area contributed by atoms with Crippen LogP contribution < -0.4 is 4.74 Å². The summed E-state index contributed by atoms with van der Waals surface area (Å²) in [5.41, 5.74) is 0.970. The first-order chi connectivity index (χ1) is 7.16. The maximum absolute atomic E-state index is 11.6. The third kappa shape index (κ3) is 2.09. The minimum atomic E-state index is -0.262. The molecule has 80 valence electrons. The minimum Gasteiger partial charge on any atom is -0.410 e. The maximum atomic E-state index is 11.6. The summed E-state index contributed by atoms with van der Waals surface area (Å²) in [5.74, 6) is 1.07. The van der Waals surface area contributed by atoms with E-state index < -0.39 is 0 Å². The van der Waals surface area contributed by atoms with Gasteiger partial charge in [-0.3, -0.25) is 4.98 Å². The van der Waals surface area contributed by atoms with E-state index in [1.165, 1.54) is 0 Å². The van der Waals surface area contributed by atoms with Gasteiger partial charge in [-0.2, -0.15) is 0 Å². The van der Waals surface area contributed by atoms with E-state index >= 15 is 0 Å². The van der Waals surface area contributed by atoms with Gasteiger partial charge in [0.1, 0.15) is 5.75 Å². The highest BCUT2D eigenvalue weighted by Gasteiger charge is 2.24. The lowest BCUT2D eigenvalue weighted by Crippen LogP contribution is -2.39. The molecule has 0 saturated carbocycles. The van der Waals surface area contributed by atoms with Crippen LogP contribution in [0.25, 0.3) is 0 Å². The van der Waals surface area contributed by atoms with Crippen molar-refractivity contribution in [1.82, 2.24) is 9.88 Å². The smallest absolute Gasteiger partial charge is 0.410 e. The summed E-state index contributed by atoms with van der Waals surface area (Å²) < 4.78 is 5.19. The van der Waals surface area contributed by atoms with Crippen molar-refractivity contribution in [3.8, 4) is 5.75 Å². The predicted molar refractivity (Wildman–Crippen MR) is 55.5 cm³/mol. The highest BCUT2D eigenvalue weighted by atomic mass is 16.6. The van der Waals surface area contributed by atoms with Crippen molar-refractivity contribution in [3.63, 3.8) is 0 Å². The summed E-state index contributed by atoms with van der Waals surface area (Å²) in [5, 5.41) is 0. The monoisotopic (exact) mass is 206 g/mol. The second kappa shape index (κ2) is 3.88. The van der Waals surface area contributed by atoms with Crippen molar-refractivity contribution in [2.24, 2.45) is 5.92 Å². The Morgan fingerprint density at radius 1 is 1.60 bits per heavy atom. The van der Waals surface area contributed by atoms with Crippen LogP contribution in [0.2, 0.25) is 0 Å². The number of nitrogens with zero attached hydrogens (tertiary/aromatic N) is 2. The molecule has 0 aliphatic carbocycles. The summed E-state index contributed by atoms with van der Waals surface area (Å²) in [6.45, 7) is 5.46. The third-order valence-electron chi connectivity index (χ3n) is 2.26. The molecule has 0 N–H and O–H groups in total. The van der Waals surface area contributed by atoms with E-state index in [0.29, 0.717) is 24.8 Å². The van der Waals surface area contributed by atoms with Crippen LogP contribution >= 0.6 is 0 Å². The van der Waals surface area contributed by atoms with Crippen LogP contribution in [-0.2, 0) is 6.54 Å². The lowest BCUT2D eigenvalue weighted by molar-refractivity contribution is 0.132. The largest absolute Gasteiger partial charge is 0.415 e. The van der Waals surface area contributed by atoms with Crippen LogP contribution in [0.15, 0.2) is 18.5 Å². The van der Waals surface area contributed by atoms with Crippen molar-refractivity contribution >= 4 is 6.09 Å². The molecule has 0 radical (unpaired) electrons. The molecule has 15 heavy (non-hydrogen) atoms. The van der Waals surface area contributed by atoms with E-state index in [1.54, 1.807) is 23.4 Å². The van der Waals surface area contributed by atoms with Gasteiger partial charge in [0, 0.05) is 24.5 Å². The zero-order chi connectivity index (χ0) is 10.8. The average molecular weight is 206 g/mol. The molecule has 0 saturated heterocycles. The summed E-state index contributed by atoms with van der Waals surface area (Å²) in [6, 6.07) is 1.72. The minimum absolute atomic E-state index is 0.262. The van der Waals surface area contributed by atoms with Gasteiger partial charge in [-0.15, -0.1) is 0 Å². The van der Waals surface area contributed by atoms with Crippen molar-refractivity contribution in [2.45, 2.75) is 20.4 Å². The molecular weight excluding hydrogens is 192 g/mol. The second-order valence-corrected chi connectivity index (χ2v) is 4.13. The van der Waals surface area contributed by atoms with Gasteiger partial charge in [0.25, 0.3) is 0 Å². The molecule has 1 aliphatic rings. The average Bonchev–Trinajstić information content (AvgIpc) is 2.18. The molecule has 0 aromatic carbocycles. The SMILES string of the molecule is CC(C)CN1Cc2cnccc2OC1=O. The Morgan fingerprint density at radius 3 is 3.13 bits per heavy atom. The van der Waals surface area contributed by atoms with Gasteiger partial charge in [-0.25, -0.2) is 4.79 Å². The Bertz CT molecular complexity index is 377. The number of ether oxygens (including phenoxy) is 1. The lowest BCUT2D eigenvalue weighted by atomic mass is 10.1. The van der Waals surface area contributed by atoms with Crippen molar-refractivity contribution in [3.05, 3.63) is 24.0 Å². The Hall–Kier alpha value is -1.58. The first-order valence-corrected chi connectivity index (χ1v) is 5.06. The Labute approximate surface area is 88.9 Å². The van der Waals surface area contributed by atoms with E-state index in [2.05, 4.69) is 18.8 Å². The number of aromatic nitrogens is 1. The number of hydrogen-bond donors (Lipinski definition) is 0. The van der Waals surface area contributed by atoms with Crippen molar-refractivity contribution < 1.29 is 9.53 Å². The molecule has 2 rings (SSSR count). The number of carbonyl (C=O) groups is 1. The van der Waals surface area contributed by atoms with Gasteiger partial charge in [-0.05, 0) is 12.0 Å². The van der Waals surface area contributed by atoms with Crippen LogP contribution in [0.3, 0.4) is 0 Å². The number of carbonyl (C=O) groups excluding carboxylic acids is 1. The Kier molecular flexibility index (Phi) is 2.58. The summed E-state index contributed by atoms with van der Waals surface area (Å²) in [7, 11) is 0. The molecule has 1 aliphatic heterocycles. The van der Waals surface area contributed by atoms with Crippen LogP contribution in [-0.4, -0.2) is 22.5 Å². The number of amides is 1. The normalized spacial score (nSPS) is 15.1. The predicted octanol–water partition coefficient (Wildman–Crippen LogP) is 2.05.